The van der Waals surface area contributed by atoms with E-state index in [2.05, 4.69) is 10.3 Å². The first-order chi connectivity index (χ1) is 14.1. The van der Waals surface area contributed by atoms with Crippen molar-refractivity contribution in [1.29, 1.82) is 0 Å². The summed E-state index contributed by atoms with van der Waals surface area (Å²) < 4.78 is 0. The molecular formula is C23H23N3O2S. The van der Waals surface area contributed by atoms with Crippen LogP contribution in [0.15, 0.2) is 60.0 Å². The van der Waals surface area contributed by atoms with Crippen molar-refractivity contribution in [1.82, 2.24) is 15.2 Å². The molecule has 1 aliphatic rings. The number of nitrogens with one attached hydrogen (secondary N) is 1. The van der Waals surface area contributed by atoms with Gasteiger partial charge in [0.05, 0.1) is 0 Å². The lowest BCUT2D eigenvalue weighted by Crippen LogP contribution is -2.46. The molecule has 2 aromatic carbocycles. The number of thiazole rings is 1. The Bertz CT molecular complexity index is 990. The second kappa shape index (κ2) is 8.57. The number of amides is 2. The summed E-state index contributed by atoms with van der Waals surface area (Å²) in [7, 11) is 0. The molecule has 2 heterocycles. The van der Waals surface area contributed by atoms with E-state index in [4.69, 9.17) is 0 Å². The number of aryl methyl sites for hydroxylation is 1. The summed E-state index contributed by atoms with van der Waals surface area (Å²) in [5.41, 5.74) is 3.39. The normalized spacial score (nSPS) is 14.6. The maximum Gasteiger partial charge on any atom is 0.273 e. The molecule has 1 aliphatic heterocycles. The molecule has 1 N–H and O–H groups in total. The molecule has 0 radical (unpaired) electrons. The summed E-state index contributed by atoms with van der Waals surface area (Å²) in [5, 5.41) is 5.77. The van der Waals surface area contributed by atoms with Crippen molar-refractivity contribution < 1.29 is 9.59 Å². The topological polar surface area (TPSA) is 62.3 Å². The monoisotopic (exact) mass is 405 g/mol. The summed E-state index contributed by atoms with van der Waals surface area (Å²) in [6.45, 7) is 3.29. The lowest BCUT2D eigenvalue weighted by atomic mass is 10.0. The summed E-state index contributed by atoms with van der Waals surface area (Å²) in [5.74, 6) is -0.0925. The van der Waals surface area contributed by atoms with E-state index in [9.17, 15) is 9.59 Å². The zero-order valence-corrected chi connectivity index (χ0v) is 17.1. The zero-order chi connectivity index (χ0) is 20.2. The average molecular weight is 406 g/mol. The van der Waals surface area contributed by atoms with Gasteiger partial charge in [-0.25, -0.2) is 4.98 Å². The van der Waals surface area contributed by atoms with E-state index in [1.54, 1.807) is 0 Å². The van der Waals surface area contributed by atoms with Crippen molar-refractivity contribution >= 4 is 23.2 Å². The minimum atomic E-state index is -0.0578. The quantitative estimate of drug-likeness (QED) is 0.709. The molecule has 2 amide bonds. The number of hydrogen-bond donors (Lipinski definition) is 1. The Morgan fingerprint density at radius 2 is 1.72 bits per heavy atom. The predicted octanol–water partition coefficient (Wildman–Crippen LogP) is 4.15. The summed E-state index contributed by atoms with van der Waals surface area (Å²) >= 11 is 1.49. The van der Waals surface area contributed by atoms with Crippen LogP contribution in [0.5, 0.6) is 0 Å². The second-order valence-electron chi connectivity index (χ2n) is 7.31. The van der Waals surface area contributed by atoms with Gasteiger partial charge in [0.1, 0.15) is 10.7 Å². The average Bonchev–Trinajstić information content (AvgIpc) is 3.25. The molecule has 0 unspecified atom stereocenters. The van der Waals surface area contributed by atoms with Gasteiger partial charge in [-0.2, -0.15) is 0 Å². The highest BCUT2D eigenvalue weighted by molar-refractivity contribution is 7.13. The molecular weight excluding hydrogens is 382 g/mol. The Hall–Kier alpha value is -2.99. The number of hydrogen-bond acceptors (Lipinski definition) is 4. The fourth-order valence-corrected chi connectivity index (χ4v) is 4.25. The molecule has 4 rings (SSSR count). The van der Waals surface area contributed by atoms with E-state index in [1.807, 2.05) is 71.8 Å². The molecule has 29 heavy (non-hydrogen) atoms. The number of benzene rings is 2. The number of piperidine rings is 1. The van der Waals surface area contributed by atoms with Gasteiger partial charge >= 0.3 is 0 Å². The largest absolute Gasteiger partial charge is 0.349 e. The SMILES string of the molecule is Cc1ccc(-c2nc(C(=O)N3CCC(NC(=O)c4ccccc4)CC3)cs2)cc1. The van der Waals surface area contributed by atoms with Crippen LogP contribution in [0.3, 0.4) is 0 Å². The molecule has 1 fully saturated rings. The molecule has 0 spiro atoms. The van der Waals surface area contributed by atoms with Crippen LogP contribution in [0.2, 0.25) is 0 Å². The van der Waals surface area contributed by atoms with Crippen LogP contribution in [0.4, 0.5) is 0 Å². The van der Waals surface area contributed by atoms with Crippen LogP contribution in [-0.4, -0.2) is 40.8 Å². The Morgan fingerprint density at radius 3 is 2.41 bits per heavy atom. The first-order valence-corrected chi connectivity index (χ1v) is 10.7. The van der Waals surface area contributed by atoms with E-state index < -0.39 is 0 Å². The summed E-state index contributed by atoms with van der Waals surface area (Å²) in [6, 6.07) is 17.5. The van der Waals surface area contributed by atoms with Crippen LogP contribution in [0.25, 0.3) is 10.6 Å². The van der Waals surface area contributed by atoms with E-state index in [0.717, 1.165) is 23.4 Å². The van der Waals surface area contributed by atoms with Gasteiger partial charge in [-0.1, -0.05) is 48.0 Å². The van der Waals surface area contributed by atoms with Gasteiger partial charge in [0, 0.05) is 35.6 Å². The van der Waals surface area contributed by atoms with Gasteiger partial charge in [0.15, 0.2) is 0 Å². The van der Waals surface area contributed by atoms with Gasteiger partial charge in [0.25, 0.3) is 11.8 Å². The minimum Gasteiger partial charge on any atom is -0.349 e. The van der Waals surface area contributed by atoms with Crippen LogP contribution < -0.4 is 5.32 Å². The lowest BCUT2D eigenvalue weighted by molar-refractivity contribution is 0.0693. The van der Waals surface area contributed by atoms with E-state index in [0.29, 0.717) is 24.3 Å². The second-order valence-corrected chi connectivity index (χ2v) is 8.17. The molecule has 0 aliphatic carbocycles. The van der Waals surface area contributed by atoms with Gasteiger partial charge in [0.2, 0.25) is 0 Å². The maximum atomic E-state index is 12.8. The number of carbonyl (C=O) groups excluding carboxylic acids is 2. The highest BCUT2D eigenvalue weighted by Gasteiger charge is 2.26. The zero-order valence-electron chi connectivity index (χ0n) is 16.3. The summed E-state index contributed by atoms with van der Waals surface area (Å²) in [6.07, 6.45) is 1.50. The minimum absolute atomic E-state index is 0.0348. The maximum absolute atomic E-state index is 12.8. The van der Waals surface area contributed by atoms with Gasteiger partial charge in [-0.05, 0) is 31.9 Å². The molecule has 0 bridgehead atoms. The number of likely N-dealkylation sites (tertiary alicyclic amines) is 1. The van der Waals surface area contributed by atoms with Crippen molar-refractivity contribution in [2.75, 3.05) is 13.1 Å². The van der Waals surface area contributed by atoms with Gasteiger partial charge in [-0.3, -0.25) is 9.59 Å². The third-order valence-electron chi connectivity index (χ3n) is 5.18. The number of carbonyl (C=O) groups is 2. The molecule has 6 heteroatoms. The van der Waals surface area contributed by atoms with E-state index in [-0.39, 0.29) is 17.9 Å². The molecule has 1 saturated heterocycles. The van der Waals surface area contributed by atoms with Crippen LogP contribution in [0.1, 0.15) is 39.3 Å². The van der Waals surface area contributed by atoms with Gasteiger partial charge < -0.3 is 10.2 Å². The molecule has 0 atom stereocenters. The number of nitrogens with zero attached hydrogens (tertiary/aromatic N) is 2. The van der Waals surface area contributed by atoms with Gasteiger partial charge in [-0.15, -0.1) is 11.3 Å². The molecule has 148 valence electrons. The first-order valence-electron chi connectivity index (χ1n) is 9.78. The standard InChI is InChI=1S/C23H23N3O2S/c1-16-7-9-18(10-8-16)22-25-20(15-29-22)23(28)26-13-11-19(12-14-26)24-21(27)17-5-3-2-4-6-17/h2-10,15,19H,11-14H2,1H3,(H,24,27). The van der Waals surface area contributed by atoms with E-state index >= 15 is 0 Å². The molecule has 0 saturated carbocycles. The van der Waals surface area contributed by atoms with Crippen molar-refractivity contribution in [2.24, 2.45) is 0 Å². The van der Waals surface area contributed by atoms with Crippen LogP contribution in [-0.2, 0) is 0 Å². The van der Waals surface area contributed by atoms with Crippen molar-refractivity contribution in [3.63, 3.8) is 0 Å². The third kappa shape index (κ3) is 4.54. The smallest absolute Gasteiger partial charge is 0.273 e. The number of aromatic nitrogens is 1. The fraction of sp³-hybridized carbons (Fsp3) is 0.261. The van der Waals surface area contributed by atoms with Crippen molar-refractivity contribution in [2.45, 2.75) is 25.8 Å². The number of rotatable bonds is 4. The van der Waals surface area contributed by atoms with Crippen LogP contribution in [0, 0.1) is 6.92 Å². The highest BCUT2D eigenvalue weighted by Crippen LogP contribution is 2.25. The molecule has 1 aromatic heterocycles. The highest BCUT2D eigenvalue weighted by atomic mass is 32.1. The van der Waals surface area contributed by atoms with E-state index in [1.165, 1.54) is 16.9 Å². The molecule has 5 nitrogen and oxygen atoms in total. The van der Waals surface area contributed by atoms with Crippen molar-refractivity contribution in [3.05, 3.63) is 76.8 Å². The fourth-order valence-electron chi connectivity index (χ4n) is 3.45. The van der Waals surface area contributed by atoms with Crippen LogP contribution >= 0.6 is 11.3 Å². The first kappa shape index (κ1) is 19.3. The van der Waals surface area contributed by atoms with Crippen molar-refractivity contribution in [3.8, 4) is 10.6 Å². The Balaban J connectivity index is 1.33. The Labute approximate surface area is 174 Å². The Morgan fingerprint density at radius 1 is 1.03 bits per heavy atom. The Kier molecular flexibility index (Phi) is 5.71. The third-order valence-corrected chi connectivity index (χ3v) is 6.07. The molecule has 3 aromatic rings. The predicted molar refractivity (Wildman–Crippen MR) is 115 cm³/mol. The summed E-state index contributed by atoms with van der Waals surface area (Å²) in [4.78, 5) is 31.5. The lowest BCUT2D eigenvalue weighted by Gasteiger charge is -2.32.